The number of nitrogens with one attached hydrogen (secondary N) is 2. The molecule has 6 heteroatoms. The maximum absolute atomic E-state index is 11.8. The van der Waals surface area contributed by atoms with Crippen molar-refractivity contribution in [2.45, 2.75) is 41.0 Å². The molecule has 2 rings (SSSR count). The van der Waals surface area contributed by atoms with Crippen LogP contribution in [-0.2, 0) is 6.42 Å². The molecular formula is C19H28N4O2. The van der Waals surface area contributed by atoms with Crippen LogP contribution in [0.1, 0.15) is 56.6 Å². The second-order valence-electron chi connectivity index (χ2n) is 4.55. The highest BCUT2D eigenvalue weighted by Gasteiger charge is 2.09. The molecule has 0 unspecified atom stereocenters. The Balaban J connectivity index is 0.000000845. The maximum atomic E-state index is 11.8. The van der Waals surface area contributed by atoms with Gasteiger partial charge in [0.15, 0.2) is 5.69 Å². The monoisotopic (exact) mass is 344 g/mol. The van der Waals surface area contributed by atoms with Crippen LogP contribution in [0.25, 0.3) is 0 Å². The fourth-order valence-electron chi connectivity index (χ4n) is 1.47. The number of carbonyl (C=O) groups excluding carboxylic acids is 1. The van der Waals surface area contributed by atoms with Crippen LogP contribution in [0.15, 0.2) is 58.8 Å². The Kier molecular flexibility index (Phi) is 12.0. The van der Waals surface area contributed by atoms with Crippen molar-refractivity contribution in [1.29, 1.82) is 0 Å². The summed E-state index contributed by atoms with van der Waals surface area (Å²) in [5.41, 5.74) is 4.12. The van der Waals surface area contributed by atoms with Crippen LogP contribution in [0, 0.1) is 0 Å². The summed E-state index contributed by atoms with van der Waals surface area (Å²) in [7, 11) is 0. The number of rotatable bonds is 5. The van der Waals surface area contributed by atoms with Crippen molar-refractivity contribution in [3.63, 3.8) is 0 Å². The number of carbonyl (C=O) groups is 1. The zero-order valence-corrected chi connectivity index (χ0v) is 15.7. The van der Waals surface area contributed by atoms with Gasteiger partial charge in [0.05, 0.1) is 6.26 Å². The summed E-state index contributed by atoms with van der Waals surface area (Å²) in [4.78, 5) is 11.8. The van der Waals surface area contributed by atoms with E-state index < -0.39 is 0 Å². The molecule has 2 heterocycles. The number of H-pyrrole nitrogens is 1. The summed E-state index contributed by atoms with van der Waals surface area (Å²) in [5, 5.41) is 10.6. The number of aromatic nitrogens is 2. The van der Waals surface area contributed by atoms with Crippen molar-refractivity contribution < 1.29 is 9.21 Å². The van der Waals surface area contributed by atoms with Crippen molar-refractivity contribution in [2.24, 2.45) is 5.10 Å². The highest BCUT2D eigenvalue weighted by Crippen LogP contribution is 2.03. The summed E-state index contributed by atoms with van der Waals surface area (Å²) in [6, 6.07) is 5.18. The quantitative estimate of drug-likeness (QED) is 0.476. The number of furan rings is 1. The minimum Gasteiger partial charge on any atom is -0.463 e. The summed E-state index contributed by atoms with van der Waals surface area (Å²) in [6.07, 6.45) is 7.91. The predicted octanol–water partition coefficient (Wildman–Crippen LogP) is 4.49. The van der Waals surface area contributed by atoms with E-state index >= 15 is 0 Å². The van der Waals surface area contributed by atoms with Gasteiger partial charge in [-0.1, -0.05) is 32.1 Å². The van der Waals surface area contributed by atoms with Crippen LogP contribution in [0.5, 0.6) is 0 Å². The summed E-state index contributed by atoms with van der Waals surface area (Å²) in [5.74, 6) is 0.229. The first-order valence-electron chi connectivity index (χ1n) is 8.23. The fraction of sp³-hybridized carbons (Fsp3) is 0.316. The number of aromatic amines is 1. The molecule has 0 saturated heterocycles. The Bertz CT molecular complexity index is 663. The predicted molar refractivity (Wildman–Crippen MR) is 103 cm³/mol. The maximum Gasteiger partial charge on any atom is 0.291 e. The van der Waals surface area contributed by atoms with E-state index in [2.05, 4.69) is 27.3 Å². The number of hydrogen-bond acceptors (Lipinski definition) is 4. The molecule has 0 aromatic carbocycles. The lowest BCUT2D eigenvalue weighted by molar-refractivity contribution is 0.0950. The van der Waals surface area contributed by atoms with Gasteiger partial charge in [0, 0.05) is 12.1 Å². The zero-order valence-electron chi connectivity index (χ0n) is 15.7. The van der Waals surface area contributed by atoms with Gasteiger partial charge in [-0.2, -0.15) is 10.2 Å². The highest BCUT2D eigenvalue weighted by molar-refractivity contribution is 5.98. The van der Waals surface area contributed by atoms with Crippen LogP contribution in [0.2, 0.25) is 0 Å². The average Bonchev–Trinajstić information content (AvgIpc) is 3.33. The fourth-order valence-corrected chi connectivity index (χ4v) is 1.47. The van der Waals surface area contributed by atoms with Gasteiger partial charge in [-0.25, -0.2) is 5.43 Å². The molecule has 0 atom stereocenters. The standard InChI is InChI=1S/C13H14N4O2.C4H8.C2H6/c1-3-5-10-8-11(16-15-10)13(18)17-14-9(2)12-6-4-7-19-12;1-3-4-2;1-2/h3-4,6-8H,1,5H2,2H3,(H,15,16)(H,17,18);3-4H,1-2H3;1-2H3/b14-9+;4-3-;. The molecule has 0 bridgehead atoms. The average molecular weight is 344 g/mol. The van der Waals surface area contributed by atoms with Crippen molar-refractivity contribution in [2.75, 3.05) is 0 Å². The van der Waals surface area contributed by atoms with Crippen LogP contribution >= 0.6 is 0 Å². The molecule has 2 aromatic rings. The molecule has 0 aliphatic rings. The minimum absolute atomic E-state index is 0.285. The van der Waals surface area contributed by atoms with E-state index in [9.17, 15) is 4.79 Å². The molecule has 0 aliphatic carbocycles. The molecule has 136 valence electrons. The SMILES string of the molecule is C/C=C\C.C=CCc1cc(C(=O)N/N=C(\C)c2ccco2)n[nH]1.CC. The molecule has 0 radical (unpaired) electrons. The molecule has 0 saturated carbocycles. The Hall–Kier alpha value is -2.89. The molecule has 2 aromatic heterocycles. The van der Waals surface area contributed by atoms with E-state index in [4.69, 9.17) is 4.42 Å². The number of nitrogens with zero attached hydrogens (tertiary/aromatic N) is 2. The van der Waals surface area contributed by atoms with E-state index in [0.29, 0.717) is 17.9 Å². The molecule has 2 N–H and O–H groups in total. The lowest BCUT2D eigenvalue weighted by atomic mass is 10.3. The van der Waals surface area contributed by atoms with Crippen LogP contribution < -0.4 is 5.43 Å². The first kappa shape index (κ1) is 22.1. The largest absolute Gasteiger partial charge is 0.463 e. The van der Waals surface area contributed by atoms with E-state index in [1.165, 1.54) is 0 Å². The van der Waals surface area contributed by atoms with Gasteiger partial charge < -0.3 is 4.42 Å². The number of hydrogen-bond donors (Lipinski definition) is 2. The normalized spacial score (nSPS) is 10.4. The van der Waals surface area contributed by atoms with E-state index in [1.807, 2.05) is 39.8 Å². The molecule has 0 spiro atoms. The second-order valence-corrected chi connectivity index (χ2v) is 4.55. The Labute approximate surface area is 149 Å². The minimum atomic E-state index is -0.377. The Morgan fingerprint density at radius 2 is 2.08 bits per heavy atom. The van der Waals surface area contributed by atoms with Crippen molar-refractivity contribution in [3.8, 4) is 0 Å². The second kappa shape index (κ2) is 13.5. The Morgan fingerprint density at radius 3 is 2.60 bits per heavy atom. The highest BCUT2D eigenvalue weighted by atomic mass is 16.3. The van der Waals surface area contributed by atoms with Gasteiger partial charge in [0.25, 0.3) is 5.91 Å². The van der Waals surface area contributed by atoms with Gasteiger partial charge >= 0.3 is 0 Å². The zero-order chi connectivity index (χ0) is 19.1. The van der Waals surface area contributed by atoms with E-state index in [1.54, 1.807) is 37.5 Å². The summed E-state index contributed by atoms with van der Waals surface area (Å²) >= 11 is 0. The molecular weight excluding hydrogens is 316 g/mol. The van der Waals surface area contributed by atoms with Crippen molar-refractivity contribution >= 4 is 11.6 Å². The van der Waals surface area contributed by atoms with Gasteiger partial charge in [0.1, 0.15) is 11.5 Å². The lowest BCUT2D eigenvalue weighted by Crippen LogP contribution is -2.19. The number of allylic oxidation sites excluding steroid dienone is 3. The third-order valence-corrected chi connectivity index (χ3v) is 2.76. The van der Waals surface area contributed by atoms with E-state index in [0.717, 1.165) is 5.69 Å². The summed E-state index contributed by atoms with van der Waals surface area (Å²) in [6.45, 7) is 13.4. The van der Waals surface area contributed by atoms with Gasteiger partial charge in [-0.05, 0) is 39.0 Å². The van der Waals surface area contributed by atoms with Crippen LogP contribution in [-0.4, -0.2) is 21.8 Å². The molecule has 25 heavy (non-hydrogen) atoms. The molecule has 0 aliphatic heterocycles. The molecule has 6 nitrogen and oxygen atoms in total. The first-order valence-corrected chi connectivity index (χ1v) is 8.23. The topological polar surface area (TPSA) is 83.3 Å². The third-order valence-electron chi connectivity index (χ3n) is 2.76. The third kappa shape index (κ3) is 8.50. The molecule has 0 fully saturated rings. The van der Waals surface area contributed by atoms with Crippen LogP contribution in [0.4, 0.5) is 0 Å². The number of amides is 1. The van der Waals surface area contributed by atoms with Gasteiger partial charge in [-0.15, -0.1) is 6.58 Å². The van der Waals surface area contributed by atoms with Gasteiger partial charge in [0.2, 0.25) is 0 Å². The smallest absolute Gasteiger partial charge is 0.291 e. The van der Waals surface area contributed by atoms with Gasteiger partial charge in [-0.3, -0.25) is 9.89 Å². The Morgan fingerprint density at radius 1 is 1.40 bits per heavy atom. The number of hydrazone groups is 1. The summed E-state index contributed by atoms with van der Waals surface area (Å²) < 4.78 is 5.15. The first-order chi connectivity index (χ1) is 12.1. The van der Waals surface area contributed by atoms with Crippen LogP contribution in [0.3, 0.4) is 0 Å². The molecule has 1 amide bonds. The van der Waals surface area contributed by atoms with Crippen molar-refractivity contribution in [3.05, 3.63) is 66.4 Å². The van der Waals surface area contributed by atoms with E-state index in [-0.39, 0.29) is 11.6 Å². The lowest BCUT2D eigenvalue weighted by Gasteiger charge is -1.97. The van der Waals surface area contributed by atoms with Crippen molar-refractivity contribution in [1.82, 2.24) is 15.6 Å².